The predicted octanol–water partition coefficient (Wildman–Crippen LogP) is 3.49. The van der Waals surface area contributed by atoms with E-state index in [0.717, 1.165) is 32.1 Å². The van der Waals surface area contributed by atoms with E-state index in [2.05, 4.69) is 27.7 Å². The van der Waals surface area contributed by atoms with Gasteiger partial charge in [-0.05, 0) is 78.9 Å². The van der Waals surface area contributed by atoms with Crippen molar-refractivity contribution in [3.8, 4) is 0 Å². The molecule has 5 heteroatoms. The summed E-state index contributed by atoms with van der Waals surface area (Å²) < 4.78 is 5.53. The number of aliphatic hydroxyl groups is 1. The van der Waals surface area contributed by atoms with E-state index in [1.165, 1.54) is 0 Å². The van der Waals surface area contributed by atoms with Crippen LogP contribution < -0.4 is 0 Å². The lowest BCUT2D eigenvalue weighted by atomic mass is 9.82. The largest absolute Gasteiger partial charge is 0.494 e. The summed E-state index contributed by atoms with van der Waals surface area (Å²) in [5.41, 5.74) is -0.246. The molecule has 24 heavy (non-hydrogen) atoms. The Hall–Kier alpha value is -1.33. The lowest BCUT2D eigenvalue weighted by molar-refractivity contribution is -0.263. The Kier molecular flexibility index (Phi) is 5.76. The molecule has 0 aliphatic carbocycles. The minimum Gasteiger partial charge on any atom is -0.494 e. The molecule has 2 heterocycles. The van der Waals surface area contributed by atoms with Crippen LogP contribution >= 0.6 is 0 Å². The fourth-order valence-electron chi connectivity index (χ4n) is 3.54. The number of piperidine rings is 1. The molecule has 2 aliphatic rings. The zero-order valence-corrected chi connectivity index (χ0v) is 15.6. The van der Waals surface area contributed by atoms with Gasteiger partial charge in [0.1, 0.15) is 5.76 Å². The highest BCUT2D eigenvalue weighted by Crippen LogP contribution is 2.38. The summed E-state index contributed by atoms with van der Waals surface area (Å²) in [7, 11) is 0. The topological polar surface area (TPSA) is 59.0 Å². The van der Waals surface area contributed by atoms with Crippen LogP contribution in [0.4, 0.5) is 0 Å². The molecule has 0 spiro atoms. The van der Waals surface area contributed by atoms with Gasteiger partial charge >= 0.3 is 5.97 Å². The predicted molar refractivity (Wildman–Crippen MR) is 93.0 cm³/mol. The highest BCUT2D eigenvalue weighted by atomic mass is 16.7. The lowest BCUT2D eigenvalue weighted by Gasteiger charge is -2.50. The molecule has 0 radical (unpaired) electrons. The van der Waals surface area contributed by atoms with Gasteiger partial charge in [-0.15, -0.1) is 5.06 Å². The molecule has 2 rings (SSSR count). The standard InChI is InChI=1S/C19H31NO4/c1-14(21)16(13-15-9-6-7-12-23-15)17(22)24-20-18(2,3)10-8-11-19(20,4)5/h9,13-14,21H,6-8,10-12H2,1-5H3/b16-13+. The summed E-state index contributed by atoms with van der Waals surface area (Å²) in [6.07, 6.45) is 7.55. The Morgan fingerprint density at radius 3 is 2.42 bits per heavy atom. The van der Waals surface area contributed by atoms with Crippen LogP contribution in [0.25, 0.3) is 0 Å². The molecule has 0 aromatic carbocycles. The number of carbonyl (C=O) groups excluding carboxylic acids is 1. The van der Waals surface area contributed by atoms with Gasteiger partial charge in [0.2, 0.25) is 0 Å². The second kappa shape index (κ2) is 7.28. The van der Waals surface area contributed by atoms with Crippen molar-refractivity contribution in [2.24, 2.45) is 0 Å². The van der Waals surface area contributed by atoms with Crippen molar-refractivity contribution in [1.82, 2.24) is 5.06 Å². The van der Waals surface area contributed by atoms with Crippen LogP contribution in [0.2, 0.25) is 0 Å². The van der Waals surface area contributed by atoms with E-state index >= 15 is 0 Å². The normalized spacial score (nSPS) is 25.4. The van der Waals surface area contributed by atoms with Crippen molar-refractivity contribution in [2.75, 3.05) is 6.61 Å². The minimum atomic E-state index is -0.917. The first-order valence-corrected chi connectivity index (χ1v) is 8.89. The average Bonchev–Trinajstić information content (AvgIpc) is 2.49. The number of allylic oxidation sites excluding steroid dienone is 2. The Labute approximate surface area is 145 Å². The SMILES string of the molecule is CC(O)/C(=C\C1=CCCCO1)C(=O)ON1C(C)(C)CCCC1(C)C. The summed E-state index contributed by atoms with van der Waals surface area (Å²) in [4.78, 5) is 18.5. The van der Waals surface area contributed by atoms with Crippen LogP contribution in [0.3, 0.4) is 0 Å². The maximum atomic E-state index is 12.7. The third-order valence-corrected chi connectivity index (χ3v) is 4.80. The number of hydrogen-bond acceptors (Lipinski definition) is 5. The molecule has 136 valence electrons. The molecule has 0 aromatic rings. The monoisotopic (exact) mass is 337 g/mol. The average molecular weight is 337 g/mol. The maximum Gasteiger partial charge on any atom is 0.355 e. The third kappa shape index (κ3) is 4.39. The molecule has 0 aromatic heterocycles. The molecule has 1 unspecified atom stereocenters. The van der Waals surface area contributed by atoms with Gasteiger partial charge in [0.15, 0.2) is 0 Å². The number of rotatable bonds is 4. The van der Waals surface area contributed by atoms with Crippen LogP contribution in [0.15, 0.2) is 23.5 Å². The molecule has 1 N–H and O–H groups in total. The van der Waals surface area contributed by atoms with E-state index in [4.69, 9.17) is 9.57 Å². The van der Waals surface area contributed by atoms with Crippen LogP contribution in [0.1, 0.15) is 66.7 Å². The van der Waals surface area contributed by atoms with Gasteiger partial charge in [0.05, 0.1) is 29.4 Å². The summed E-state index contributed by atoms with van der Waals surface area (Å²) in [5.74, 6) is 0.120. The van der Waals surface area contributed by atoms with E-state index in [-0.39, 0.29) is 16.7 Å². The van der Waals surface area contributed by atoms with Gasteiger partial charge in [0, 0.05) is 0 Å². The highest BCUT2D eigenvalue weighted by Gasteiger charge is 2.44. The Morgan fingerprint density at radius 2 is 1.92 bits per heavy atom. The maximum absolute atomic E-state index is 12.7. The van der Waals surface area contributed by atoms with E-state index in [1.54, 1.807) is 18.1 Å². The zero-order valence-electron chi connectivity index (χ0n) is 15.6. The fourth-order valence-corrected chi connectivity index (χ4v) is 3.54. The quantitative estimate of drug-likeness (QED) is 0.796. The second-order valence-corrected chi connectivity index (χ2v) is 8.02. The molecular formula is C19H31NO4. The first kappa shape index (κ1) is 19.0. The molecule has 1 saturated heterocycles. The summed E-state index contributed by atoms with van der Waals surface area (Å²) in [5, 5.41) is 11.8. The van der Waals surface area contributed by atoms with Crippen molar-refractivity contribution in [1.29, 1.82) is 0 Å². The van der Waals surface area contributed by atoms with Crippen LogP contribution in [0.5, 0.6) is 0 Å². The molecule has 2 aliphatic heterocycles. The Balaban J connectivity index is 2.21. The number of aliphatic hydroxyl groups excluding tert-OH is 1. The van der Waals surface area contributed by atoms with Crippen LogP contribution in [0, 0.1) is 0 Å². The van der Waals surface area contributed by atoms with Gasteiger partial charge in [0.25, 0.3) is 0 Å². The summed E-state index contributed by atoms with van der Waals surface area (Å²) >= 11 is 0. The van der Waals surface area contributed by atoms with E-state index < -0.39 is 12.1 Å². The van der Waals surface area contributed by atoms with Crippen molar-refractivity contribution in [3.05, 3.63) is 23.5 Å². The highest BCUT2D eigenvalue weighted by molar-refractivity contribution is 5.89. The molecule has 0 bridgehead atoms. The first-order chi connectivity index (χ1) is 11.1. The third-order valence-electron chi connectivity index (χ3n) is 4.80. The zero-order chi connectivity index (χ0) is 18.0. The molecule has 0 saturated carbocycles. The lowest BCUT2D eigenvalue weighted by Crippen LogP contribution is -2.59. The van der Waals surface area contributed by atoms with Gasteiger partial charge in [-0.1, -0.05) is 0 Å². The Morgan fingerprint density at radius 1 is 1.29 bits per heavy atom. The molecule has 5 nitrogen and oxygen atoms in total. The van der Waals surface area contributed by atoms with E-state index in [0.29, 0.717) is 12.4 Å². The fraction of sp³-hybridized carbons (Fsp3) is 0.737. The summed E-state index contributed by atoms with van der Waals surface area (Å²) in [6, 6.07) is 0. The first-order valence-electron chi connectivity index (χ1n) is 8.89. The second-order valence-electron chi connectivity index (χ2n) is 8.02. The Bertz CT molecular complexity index is 515. The number of carbonyl (C=O) groups is 1. The molecule has 1 fully saturated rings. The van der Waals surface area contributed by atoms with Crippen molar-refractivity contribution in [3.63, 3.8) is 0 Å². The number of ether oxygens (including phenoxy) is 1. The summed E-state index contributed by atoms with van der Waals surface area (Å²) in [6.45, 7) is 10.5. The van der Waals surface area contributed by atoms with E-state index in [9.17, 15) is 9.90 Å². The van der Waals surface area contributed by atoms with Gasteiger partial charge in [-0.3, -0.25) is 0 Å². The van der Waals surface area contributed by atoms with E-state index in [1.807, 2.05) is 6.08 Å². The number of hydrogen-bond donors (Lipinski definition) is 1. The van der Waals surface area contributed by atoms with Gasteiger partial charge in [-0.25, -0.2) is 4.79 Å². The molecule has 1 atom stereocenters. The van der Waals surface area contributed by atoms with Gasteiger partial charge in [-0.2, -0.15) is 0 Å². The van der Waals surface area contributed by atoms with Crippen molar-refractivity contribution >= 4 is 5.97 Å². The van der Waals surface area contributed by atoms with Crippen molar-refractivity contribution < 1.29 is 19.5 Å². The van der Waals surface area contributed by atoms with Gasteiger partial charge < -0.3 is 14.7 Å². The number of nitrogens with zero attached hydrogens (tertiary/aromatic N) is 1. The number of hydroxylamine groups is 2. The van der Waals surface area contributed by atoms with Crippen LogP contribution in [-0.4, -0.2) is 39.9 Å². The van der Waals surface area contributed by atoms with Crippen LogP contribution in [-0.2, 0) is 14.4 Å². The van der Waals surface area contributed by atoms with Crippen molar-refractivity contribution in [2.45, 2.75) is 83.9 Å². The molecular weight excluding hydrogens is 306 g/mol. The molecule has 0 amide bonds. The smallest absolute Gasteiger partial charge is 0.355 e. The minimum absolute atomic E-state index is 0.223.